The van der Waals surface area contributed by atoms with Gasteiger partial charge in [-0.05, 0) is 19.4 Å². The van der Waals surface area contributed by atoms with E-state index in [0.29, 0.717) is 0 Å². The highest BCUT2D eigenvalue weighted by molar-refractivity contribution is 5.45. The van der Waals surface area contributed by atoms with E-state index < -0.39 is 0 Å². The first-order valence-electron chi connectivity index (χ1n) is 4.15. The predicted octanol–water partition coefficient (Wildman–Crippen LogP) is 2.78. The number of nitrogens with one attached hydrogen (secondary N) is 1. The van der Waals surface area contributed by atoms with Gasteiger partial charge in [-0.15, -0.1) is 0 Å². The normalized spacial score (nSPS) is 12.7. The molecule has 0 radical (unpaired) electrons. The average molecular weight is 162 g/mol. The van der Waals surface area contributed by atoms with E-state index in [1.54, 1.807) is 6.33 Å². The van der Waals surface area contributed by atoms with Crippen molar-refractivity contribution in [2.45, 2.75) is 20.3 Å². The Hall–Kier alpha value is -1.31. The van der Waals surface area contributed by atoms with E-state index in [-0.39, 0.29) is 0 Å². The number of imidazole rings is 1. The first kappa shape index (κ1) is 8.78. The minimum absolute atomic E-state index is 0.968. The molecule has 0 fully saturated rings. The van der Waals surface area contributed by atoms with Crippen LogP contribution >= 0.6 is 0 Å². The second-order valence-electron chi connectivity index (χ2n) is 2.72. The Labute approximate surface area is 73.0 Å². The second kappa shape index (κ2) is 4.54. The summed E-state index contributed by atoms with van der Waals surface area (Å²) < 4.78 is 0. The Bertz CT molecular complexity index is 268. The van der Waals surface area contributed by atoms with Crippen molar-refractivity contribution in [2.75, 3.05) is 0 Å². The molecule has 12 heavy (non-hydrogen) atoms. The van der Waals surface area contributed by atoms with Gasteiger partial charge in [0, 0.05) is 6.20 Å². The number of aromatic amines is 1. The van der Waals surface area contributed by atoms with Crippen molar-refractivity contribution in [1.82, 2.24) is 9.97 Å². The molecule has 0 atom stereocenters. The molecule has 0 spiro atoms. The minimum Gasteiger partial charge on any atom is -0.351 e. The van der Waals surface area contributed by atoms with Gasteiger partial charge >= 0.3 is 0 Å². The van der Waals surface area contributed by atoms with Crippen molar-refractivity contribution >= 4 is 6.08 Å². The largest absolute Gasteiger partial charge is 0.351 e. The van der Waals surface area contributed by atoms with Crippen molar-refractivity contribution in [1.29, 1.82) is 0 Å². The first-order chi connectivity index (χ1) is 5.83. The predicted molar refractivity (Wildman–Crippen MR) is 51.7 cm³/mol. The molecule has 1 aromatic heterocycles. The lowest BCUT2D eigenvalue weighted by Crippen LogP contribution is -1.69. The zero-order valence-electron chi connectivity index (χ0n) is 7.54. The van der Waals surface area contributed by atoms with E-state index in [1.165, 1.54) is 5.57 Å². The molecule has 0 aliphatic heterocycles. The summed E-state index contributed by atoms with van der Waals surface area (Å²) in [6.45, 7) is 4.27. The van der Waals surface area contributed by atoms with Gasteiger partial charge in [-0.3, -0.25) is 0 Å². The van der Waals surface area contributed by atoms with Crippen molar-refractivity contribution in [3.05, 3.63) is 35.9 Å². The molecule has 0 saturated heterocycles. The molecule has 1 rings (SSSR count). The molecule has 2 nitrogen and oxygen atoms in total. The molecule has 0 unspecified atom stereocenters. The molecule has 1 aromatic rings. The Morgan fingerprint density at radius 2 is 2.50 bits per heavy atom. The Balaban J connectivity index is 2.52. The van der Waals surface area contributed by atoms with Crippen LogP contribution in [0.3, 0.4) is 0 Å². The van der Waals surface area contributed by atoms with Crippen LogP contribution in [0.5, 0.6) is 0 Å². The summed E-state index contributed by atoms with van der Waals surface area (Å²) in [6.07, 6.45) is 10.8. The van der Waals surface area contributed by atoms with Crippen LogP contribution in [0.2, 0.25) is 0 Å². The summed E-state index contributed by atoms with van der Waals surface area (Å²) in [7, 11) is 0. The van der Waals surface area contributed by atoms with Gasteiger partial charge in [0.05, 0.1) is 12.0 Å². The van der Waals surface area contributed by atoms with Gasteiger partial charge in [0.25, 0.3) is 0 Å². The number of hydrogen-bond donors (Lipinski definition) is 1. The van der Waals surface area contributed by atoms with Gasteiger partial charge in [0.1, 0.15) is 0 Å². The van der Waals surface area contributed by atoms with Crippen LogP contribution in [0.4, 0.5) is 0 Å². The Kier molecular flexibility index (Phi) is 3.33. The average Bonchev–Trinajstić information content (AvgIpc) is 2.57. The topological polar surface area (TPSA) is 28.7 Å². The fourth-order valence-corrected chi connectivity index (χ4v) is 0.792. The van der Waals surface area contributed by atoms with E-state index in [4.69, 9.17) is 0 Å². The third-order valence-electron chi connectivity index (χ3n) is 1.72. The first-order valence-corrected chi connectivity index (χ1v) is 4.15. The summed E-state index contributed by atoms with van der Waals surface area (Å²) >= 11 is 0. The van der Waals surface area contributed by atoms with Crippen LogP contribution in [0.1, 0.15) is 26.0 Å². The molecule has 0 aliphatic carbocycles. The van der Waals surface area contributed by atoms with E-state index in [9.17, 15) is 0 Å². The molecule has 0 aromatic carbocycles. The van der Waals surface area contributed by atoms with E-state index in [2.05, 4.69) is 29.9 Å². The van der Waals surface area contributed by atoms with Gasteiger partial charge in [-0.1, -0.05) is 24.6 Å². The molecular formula is C10H14N2. The van der Waals surface area contributed by atoms with Crippen LogP contribution in [0.15, 0.2) is 30.2 Å². The highest BCUT2D eigenvalue weighted by Crippen LogP contribution is 2.00. The van der Waals surface area contributed by atoms with Crippen molar-refractivity contribution in [2.24, 2.45) is 0 Å². The molecule has 2 heteroatoms. The van der Waals surface area contributed by atoms with E-state index >= 15 is 0 Å². The molecular weight excluding hydrogens is 148 g/mol. The molecule has 1 N–H and O–H groups in total. The second-order valence-corrected chi connectivity index (χ2v) is 2.72. The van der Waals surface area contributed by atoms with Gasteiger partial charge < -0.3 is 4.98 Å². The third kappa shape index (κ3) is 2.74. The van der Waals surface area contributed by atoms with Crippen molar-refractivity contribution < 1.29 is 0 Å². The number of allylic oxidation sites excluding steroid dienone is 3. The number of nitrogens with zero attached hydrogens (tertiary/aromatic N) is 1. The van der Waals surface area contributed by atoms with Crippen molar-refractivity contribution in [3.8, 4) is 0 Å². The van der Waals surface area contributed by atoms with Crippen LogP contribution < -0.4 is 0 Å². The number of aromatic nitrogens is 2. The van der Waals surface area contributed by atoms with Crippen LogP contribution in [0.25, 0.3) is 6.08 Å². The molecule has 64 valence electrons. The van der Waals surface area contributed by atoms with Gasteiger partial charge in [0.2, 0.25) is 0 Å². The summed E-state index contributed by atoms with van der Waals surface area (Å²) in [4.78, 5) is 6.97. The van der Waals surface area contributed by atoms with Crippen LogP contribution in [-0.2, 0) is 0 Å². The molecule has 0 amide bonds. The van der Waals surface area contributed by atoms with Gasteiger partial charge in [0.15, 0.2) is 0 Å². The lowest BCUT2D eigenvalue weighted by atomic mass is 10.2. The van der Waals surface area contributed by atoms with Crippen LogP contribution in [-0.4, -0.2) is 9.97 Å². The summed E-state index contributed by atoms with van der Waals surface area (Å²) in [5, 5.41) is 0. The van der Waals surface area contributed by atoms with E-state index in [0.717, 1.165) is 12.1 Å². The van der Waals surface area contributed by atoms with E-state index in [1.807, 2.05) is 18.3 Å². The lowest BCUT2D eigenvalue weighted by molar-refractivity contribution is 1.10. The SMILES string of the molecule is CC/C(C)=C\C=C\c1c[nH]cn1. The minimum atomic E-state index is 0.968. The lowest BCUT2D eigenvalue weighted by Gasteiger charge is -1.88. The molecule has 0 saturated carbocycles. The van der Waals surface area contributed by atoms with Gasteiger partial charge in [-0.25, -0.2) is 4.98 Å². The third-order valence-corrected chi connectivity index (χ3v) is 1.72. The Morgan fingerprint density at radius 1 is 1.67 bits per heavy atom. The van der Waals surface area contributed by atoms with Crippen LogP contribution in [0, 0.1) is 0 Å². The molecule has 1 heterocycles. The quantitative estimate of drug-likeness (QED) is 0.680. The highest BCUT2D eigenvalue weighted by Gasteiger charge is 1.83. The number of rotatable bonds is 3. The monoisotopic (exact) mass is 162 g/mol. The summed E-state index contributed by atoms with van der Waals surface area (Å²) in [6, 6.07) is 0. The van der Waals surface area contributed by atoms with Gasteiger partial charge in [-0.2, -0.15) is 0 Å². The maximum absolute atomic E-state index is 4.07. The number of hydrogen-bond acceptors (Lipinski definition) is 1. The fourth-order valence-electron chi connectivity index (χ4n) is 0.792. The summed E-state index contributed by atoms with van der Waals surface area (Å²) in [5.74, 6) is 0. The maximum atomic E-state index is 4.07. The Morgan fingerprint density at radius 3 is 3.08 bits per heavy atom. The molecule has 0 aliphatic rings. The van der Waals surface area contributed by atoms with Crippen molar-refractivity contribution in [3.63, 3.8) is 0 Å². The summed E-state index contributed by atoms with van der Waals surface area (Å²) in [5.41, 5.74) is 2.34. The fraction of sp³-hybridized carbons (Fsp3) is 0.300. The zero-order valence-corrected chi connectivity index (χ0v) is 7.54. The molecule has 0 bridgehead atoms. The standard InChI is InChI=1S/C10H14N2/c1-3-9(2)5-4-6-10-7-11-8-12-10/h4-8H,3H2,1-2H3,(H,11,12)/b6-4+,9-5-. The zero-order chi connectivity index (χ0) is 8.81. The number of H-pyrrole nitrogens is 1. The smallest absolute Gasteiger partial charge is 0.0927 e. The highest BCUT2D eigenvalue weighted by atomic mass is 14.8. The maximum Gasteiger partial charge on any atom is 0.0927 e.